The summed E-state index contributed by atoms with van der Waals surface area (Å²) in [5.74, 6) is 0.622. The number of methoxy groups -OCH3 is 1. The van der Waals surface area contributed by atoms with E-state index >= 15 is 0 Å². The summed E-state index contributed by atoms with van der Waals surface area (Å²) in [4.78, 5) is 27.9. The average molecular weight is 354 g/mol. The topological polar surface area (TPSA) is 61.9 Å². The summed E-state index contributed by atoms with van der Waals surface area (Å²) in [6.45, 7) is 6.00. The first-order valence-corrected chi connectivity index (χ1v) is 8.52. The Labute approximate surface area is 147 Å². The molecule has 1 aromatic carbocycles. The lowest BCUT2D eigenvalue weighted by Crippen LogP contribution is -2.51. The van der Waals surface area contributed by atoms with Gasteiger partial charge >= 0.3 is 0 Å². The van der Waals surface area contributed by atoms with Crippen LogP contribution >= 0.6 is 11.6 Å². The lowest BCUT2D eigenvalue weighted by Gasteiger charge is -2.35. The Balaban J connectivity index is 1.69. The molecule has 24 heavy (non-hydrogen) atoms. The molecule has 1 aromatic rings. The highest BCUT2D eigenvalue weighted by Gasteiger charge is 2.23. The van der Waals surface area contributed by atoms with Crippen LogP contribution in [0.25, 0.3) is 0 Å². The first-order valence-electron chi connectivity index (χ1n) is 8.08. The van der Waals surface area contributed by atoms with Gasteiger partial charge in [-0.05, 0) is 31.2 Å². The Kier molecular flexibility index (Phi) is 6.87. The van der Waals surface area contributed by atoms with E-state index in [-0.39, 0.29) is 11.8 Å². The number of ether oxygens (including phenoxy) is 1. The van der Waals surface area contributed by atoms with E-state index in [4.69, 9.17) is 16.3 Å². The summed E-state index contributed by atoms with van der Waals surface area (Å²) < 4.78 is 5.07. The zero-order valence-electron chi connectivity index (χ0n) is 14.1. The molecule has 0 bridgehead atoms. The van der Waals surface area contributed by atoms with Gasteiger partial charge in [-0.1, -0.05) is 0 Å². The molecule has 6 nitrogen and oxygen atoms in total. The van der Waals surface area contributed by atoms with Crippen LogP contribution in [0.3, 0.4) is 0 Å². The van der Waals surface area contributed by atoms with E-state index in [0.29, 0.717) is 25.2 Å². The molecule has 1 aliphatic heterocycles. The van der Waals surface area contributed by atoms with Crippen molar-refractivity contribution >= 4 is 23.4 Å². The smallest absolute Gasteiger partial charge is 0.251 e. The van der Waals surface area contributed by atoms with Crippen LogP contribution in [0.2, 0.25) is 0 Å². The van der Waals surface area contributed by atoms with Gasteiger partial charge in [0.05, 0.1) is 7.11 Å². The average Bonchev–Trinajstić information content (AvgIpc) is 2.61. The SMILES string of the molecule is COc1ccc(C(=O)NCCN2CCN(C(=O)C(C)Cl)CC2)cc1. The second-order valence-corrected chi connectivity index (χ2v) is 6.42. The van der Waals surface area contributed by atoms with Crippen molar-refractivity contribution in [3.63, 3.8) is 0 Å². The molecule has 0 saturated carbocycles. The summed E-state index contributed by atoms with van der Waals surface area (Å²) >= 11 is 5.83. The summed E-state index contributed by atoms with van der Waals surface area (Å²) in [5.41, 5.74) is 0.613. The Morgan fingerprint density at radius 1 is 1.21 bits per heavy atom. The number of nitrogens with one attached hydrogen (secondary N) is 1. The van der Waals surface area contributed by atoms with Crippen LogP contribution in [-0.2, 0) is 4.79 Å². The number of carbonyl (C=O) groups excluding carboxylic acids is 2. The fourth-order valence-corrected chi connectivity index (χ4v) is 2.75. The number of nitrogens with zero attached hydrogens (tertiary/aromatic N) is 2. The minimum absolute atomic E-state index is 0.0101. The van der Waals surface area contributed by atoms with Crippen molar-refractivity contribution in [2.24, 2.45) is 0 Å². The molecule has 1 heterocycles. The quantitative estimate of drug-likeness (QED) is 0.781. The predicted molar refractivity (Wildman–Crippen MR) is 93.7 cm³/mol. The largest absolute Gasteiger partial charge is 0.497 e. The van der Waals surface area contributed by atoms with Gasteiger partial charge < -0.3 is 15.0 Å². The number of rotatable bonds is 6. The van der Waals surface area contributed by atoms with Crippen LogP contribution < -0.4 is 10.1 Å². The van der Waals surface area contributed by atoms with E-state index in [1.807, 2.05) is 0 Å². The highest BCUT2D eigenvalue weighted by Crippen LogP contribution is 2.11. The van der Waals surface area contributed by atoms with E-state index < -0.39 is 5.38 Å². The molecule has 0 spiro atoms. The molecule has 1 N–H and O–H groups in total. The summed E-state index contributed by atoms with van der Waals surface area (Å²) in [6, 6.07) is 7.02. The lowest BCUT2D eigenvalue weighted by molar-refractivity contribution is -0.132. The molecular weight excluding hydrogens is 330 g/mol. The molecule has 2 rings (SSSR count). The van der Waals surface area contributed by atoms with Crippen molar-refractivity contribution in [2.75, 3.05) is 46.4 Å². The van der Waals surface area contributed by atoms with Crippen LogP contribution in [0.5, 0.6) is 5.75 Å². The van der Waals surface area contributed by atoms with Gasteiger partial charge in [0.25, 0.3) is 5.91 Å². The Hall–Kier alpha value is -1.79. The molecular formula is C17H24ClN3O3. The number of benzene rings is 1. The third-order valence-electron chi connectivity index (χ3n) is 4.09. The van der Waals surface area contributed by atoms with Crippen LogP contribution in [0.1, 0.15) is 17.3 Å². The third-order valence-corrected chi connectivity index (χ3v) is 4.28. The van der Waals surface area contributed by atoms with E-state index in [9.17, 15) is 9.59 Å². The second-order valence-electron chi connectivity index (χ2n) is 5.77. The van der Waals surface area contributed by atoms with Gasteiger partial charge in [0.2, 0.25) is 5.91 Å². The second kappa shape index (κ2) is 8.89. The Morgan fingerprint density at radius 3 is 2.38 bits per heavy atom. The molecule has 1 atom stereocenters. The van der Waals surface area contributed by atoms with Gasteiger partial charge in [-0.25, -0.2) is 0 Å². The van der Waals surface area contributed by atoms with E-state index in [2.05, 4.69) is 10.2 Å². The normalized spacial score (nSPS) is 16.5. The van der Waals surface area contributed by atoms with Crippen LogP contribution in [0.15, 0.2) is 24.3 Å². The van der Waals surface area contributed by atoms with Crippen LogP contribution in [-0.4, -0.2) is 73.4 Å². The van der Waals surface area contributed by atoms with Crippen molar-refractivity contribution in [3.8, 4) is 5.75 Å². The minimum atomic E-state index is -0.472. The first kappa shape index (κ1) is 18.5. The van der Waals surface area contributed by atoms with Gasteiger partial charge in [-0.2, -0.15) is 0 Å². The fourth-order valence-electron chi connectivity index (χ4n) is 2.62. The van der Waals surface area contributed by atoms with Crippen LogP contribution in [0, 0.1) is 0 Å². The fraction of sp³-hybridized carbons (Fsp3) is 0.529. The number of piperazine rings is 1. The summed E-state index contributed by atoms with van der Waals surface area (Å²) in [5, 5.41) is 2.44. The Morgan fingerprint density at radius 2 is 1.83 bits per heavy atom. The van der Waals surface area contributed by atoms with E-state index in [0.717, 1.165) is 25.4 Å². The van der Waals surface area contributed by atoms with Crippen molar-refractivity contribution in [1.29, 1.82) is 0 Å². The molecule has 1 aliphatic rings. The highest BCUT2D eigenvalue weighted by molar-refractivity contribution is 6.30. The van der Waals surface area contributed by atoms with Gasteiger partial charge in [0.15, 0.2) is 0 Å². The predicted octanol–water partition coefficient (Wildman–Crippen LogP) is 1.20. The van der Waals surface area contributed by atoms with Crippen molar-refractivity contribution in [2.45, 2.75) is 12.3 Å². The summed E-state index contributed by atoms with van der Waals surface area (Å²) in [6.07, 6.45) is 0. The van der Waals surface area contributed by atoms with Crippen molar-refractivity contribution < 1.29 is 14.3 Å². The molecule has 2 amide bonds. The molecule has 0 radical (unpaired) electrons. The molecule has 1 saturated heterocycles. The molecule has 132 valence electrons. The lowest BCUT2D eigenvalue weighted by atomic mass is 10.2. The first-order chi connectivity index (χ1) is 11.5. The zero-order chi connectivity index (χ0) is 17.5. The number of alkyl halides is 1. The standard InChI is InChI=1S/C17H24ClN3O3/c1-13(18)17(23)21-11-9-20(10-12-21)8-7-19-16(22)14-3-5-15(24-2)6-4-14/h3-6,13H,7-12H2,1-2H3,(H,19,22). The van der Waals surface area contributed by atoms with Gasteiger partial charge in [-0.3, -0.25) is 14.5 Å². The van der Waals surface area contributed by atoms with E-state index in [1.54, 1.807) is 43.2 Å². The van der Waals surface area contributed by atoms with Gasteiger partial charge in [-0.15, -0.1) is 11.6 Å². The number of amides is 2. The maximum atomic E-state index is 12.1. The zero-order valence-corrected chi connectivity index (χ0v) is 14.9. The van der Waals surface area contributed by atoms with E-state index in [1.165, 1.54) is 0 Å². The Bertz CT molecular complexity index is 555. The summed E-state index contributed by atoms with van der Waals surface area (Å²) in [7, 11) is 1.59. The van der Waals surface area contributed by atoms with Crippen molar-refractivity contribution in [1.82, 2.24) is 15.1 Å². The number of carbonyl (C=O) groups is 2. The third kappa shape index (κ3) is 5.11. The molecule has 7 heteroatoms. The molecule has 1 unspecified atom stereocenters. The van der Waals surface area contributed by atoms with Crippen LogP contribution in [0.4, 0.5) is 0 Å². The molecule has 1 fully saturated rings. The number of halogens is 1. The monoisotopic (exact) mass is 353 g/mol. The van der Waals surface area contributed by atoms with Gasteiger partial charge in [0, 0.05) is 44.8 Å². The maximum Gasteiger partial charge on any atom is 0.251 e. The molecule has 0 aliphatic carbocycles. The maximum absolute atomic E-state index is 12.1. The number of hydrogen-bond donors (Lipinski definition) is 1. The van der Waals surface area contributed by atoms with Gasteiger partial charge in [0.1, 0.15) is 11.1 Å². The minimum Gasteiger partial charge on any atom is -0.497 e. The number of hydrogen-bond acceptors (Lipinski definition) is 4. The molecule has 0 aromatic heterocycles. The van der Waals surface area contributed by atoms with Crippen molar-refractivity contribution in [3.05, 3.63) is 29.8 Å². The highest BCUT2D eigenvalue weighted by atomic mass is 35.5.